The highest BCUT2D eigenvalue weighted by molar-refractivity contribution is 6.11. The van der Waals surface area contributed by atoms with Gasteiger partial charge in [-0.3, -0.25) is 0 Å². The van der Waals surface area contributed by atoms with Crippen molar-refractivity contribution in [1.29, 1.82) is 0 Å². The van der Waals surface area contributed by atoms with Crippen LogP contribution in [-0.4, -0.2) is 46.2 Å². The maximum absolute atomic E-state index is 12.0. The van der Waals surface area contributed by atoms with Gasteiger partial charge in [-0.15, -0.1) is 0 Å². The number of hydrogen-bond donors (Lipinski definition) is 1. The minimum atomic E-state index is -1.33. The second-order valence-corrected chi connectivity index (χ2v) is 13.4. The molecular formula is C35H35N2O2+. The maximum Gasteiger partial charge on any atom is 0.281 e. The number of rotatable bonds is 1. The fraction of sp³-hybridized carbons (Fsp3) is 0.371. The molecule has 5 unspecified atom stereocenters. The van der Waals surface area contributed by atoms with E-state index in [0.29, 0.717) is 0 Å². The molecule has 4 aromatic rings. The van der Waals surface area contributed by atoms with E-state index in [1.54, 1.807) is 7.11 Å². The lowest BCUT2D eigenvalue weighted by atomic mass is 9.76. The summed E-state index contributed by atoms with van der Waals surface area (Å²) in [5.74, 6) is -1.21. The molecule has 8 rings (SSSR count). The van der Waals surface area contributed by atoms with Crippen LogP contribution in [0.2, 0.25) is 0 Å². The summed E-state index contributed by atoms with van der Waals surface area (Å²) in [6.07, 6.45) is 2.92. The van der Waals surface area contributed by atoms with E-state index in [0.717, 1.165) is 12.0 Å². The van der Waals surface area contributed by atoms with Crippen LogP contribution in [0, 0.1) is 0 Å². The van der Waals surface area contributed by atoms with E-state index >= 15 is 0 Å². The van der Waals surface area contributed by atoms with E-state index in [9.17, 15) is 5.11 Å². The molecular weight excluding hydrogens is 480 g/mol. The number of fused-ring (bicyclic) bond motifs is 12. The summed E-state index contributed by atoms with van der Waals surface area (Å²) >= 11 is 0. The van der Waals surface area contributed by atoms with Gasteiger partial charge in [-0.25, -0.2) is 4.58 Å². The molecule has 39 heavy (non-hydrogen) atoms. The summed E-state index contributed by atoms with van der Waals surface area (Å²) in [5, 5.41) is 17.1. The van der Waals surface area contributed by atoms with Crippen molar-refractivity contribution in [2.24, 2.45) is 4.99 Å². The SMILES string of the molecule is COC1(O)C2(C)c3cc4ccccc4cc3C3=[N+](C=NC4Cc5c(ccc6ccc(C(C)(C)C)cc56)C34)C12C. The molecule has 0 saturated heterocycles. The summed E-state index contributed by atoms with van der Waals surface area (Å²) in [6, 6.07) is 24.9. The lowest BCUT2D eigenvalue weighted by molar-refractivity contribution is -0.490. The maximum atomic E-state index is 12.0. The third kappa shape index (κ3) is 2.54. The topological polar surface area (TPSA) is 44.8 Å². The Morgan fingerprint density at radius 1 is 0.949 bits per heavy atom. The molecule has 4 nitrogen and oxygen atoms in total. The minimum Gasteiger partial charge on any atom is -0.361 e. The van der Waals surface area contributed by atoms with Crippen molar-refractivity contribution in [2.45, 2.75) is 75.2 Å². The first kappa shape index (κ1) is 23.5. The summed E-state index contributed by atoms with van der Waals surface area (Å²) in [6.45, 7) is 11.1. The monoisotopic (exact) mass is 515 g/mol. The molecule has 1 fully saturated rings. The van der Waals surface area contributed by atoms with Crippen LogP contribution in [0.1, 0.15) is 68.4 Å². The average molecular weight is 516 g/mol. The van der Waals surface area contributed by atoms with Gasteiger partial charge >= 0.3 is 0 Å². The molecule has 196 valence electrons. The van der Waals surface area contributed by atoms with Crippen LogP contribution in [0.15, 0.2) is 71.7 Å². The van der Waals surface area contributed by atoms with Crippen LogP contribution >= 0.6 is 0 Å². The Morgan fingerprint density at radius 2 is 1.67 bits per heavy atom. The van der Waals surface area contributed by atoms with Crippen molar-refractivity contribution in [1.82, 2.24) is 0 Å². The zero-order valence-electron chi connectivity index (χ0n) is 23.5. The van der Waals surface area contributed by atoms with Gasteiger partial charge in [0.05, 0.1) is 5.92 Å². The lowest BCUT2D eigenvalue weighted by Crippen LogP contribution is -2.48. The van der Waals surface area contributed by atoms with Gasteiger partial charge in [-0.05, 0) is 75.2 Å². The lowest BCUT2D eigenvalue weighted by Gasteiger charge is -2.32. The Balaban J connectivity index is 1.42. The van der Waals surface area contributed by atoms with Gasteiger partial charge in [-0.2, -0.15) is 0 Å². The first-order chi connectivity index (χ1) is 18.5. The van der Waals surface area contributed by atoms with Gasteiger partial charge in [0.25, 0.3) is 6.34 Å². The molecule has 4 heteroatoms. The molecule has 2 heterocycles. The quantitative estimate of drug-likeness (QED) is 0.242. The fourth-order valence-electron chi connectivity index (χ4n) is 8.35. The number of nitrogens with zero attached hydrogens (tertiary/aromatic N) is 2. The van der Waals surface area contributed by atoms with E-state index in [1.165, 1.54) is 49.5 Å². The van der Waals surface area contributed by atoms with E-state index < -0.39 is 16.7 Å². The zero-order valence-corrected chi connectivity index (χ0v) is 23.5. The average Bonchev–Trinajstić information content (AvgIpc) is 3.17. The molecule has 1 saturated carbocycles. The molecule has 4 aromatic carbocycles. The van der Waals surface area contributed by atoms with Gasteiger partial charge in [-0.1, -0.05) is 80.4 Å². The van der Waals surface area contributed by atoms with Crippen LogP contribution in [0.5, 0.6) is 0 Å². The Bertz CT molecular complexity index is 1830. The number of ether oxygens (including phenoxy) is 1. The summed E-state index contributed by atoms with van der Waals surface area (Å²) < 4.78 is 8.21. The van der Waals surface area contributed by atoms with E-state index in [4.69, 9.17) is 9.73 Å². The second-order valence-electron chi connectivity index (χ2n) is 13.4. The normalized spacial score (nSPS) is 32.1. The molecule has 0 amide bonds. The van der Waals surface area contributed by atoms with Crippen molar-refractivity contribution < 1.29 is 14.4 Å². The third-order valence-corrected chi connectivity index (χ3v) is 10.8. The molecule has 5 atom stereocenters. The number of benzene rings is 4. The number of aliphatic imine (C=N–C) groups is 1. The van der Waals surface area contributed by atoms with Crippen molar-refractivity contribution in [3.05, 3.63) is 94.5 Å². The van der Waals surface area contributed by atoms with Gasteiger partial charge in [0.2, 0.25) is 5.79 Å². The Kier molecular flexibility index (Phi) is 4.25. The van der Waals surface area contributed by atoms with Crippen LogP contribution in [0.4, 0.5) is 0 Å². The molecule has 2 aliphatic carbocycles. The smallest absolute Gasteiger partial charge is 0.281 e. The predicted molar refractivity (Wildman–Crippen MR) is 157 cm³/mol. The highest BCUT2D eigenvalue weighted by Gasteiger charge is 2.91. The highest BCUT2D eigenvalue weighted by atomic mass is 16.6. The third-order valence-electron chi connectivity index (χ3n) is 10.8. The van der Waals surface area contributed by atoms with Crippen molar-refractivity contribution in [3.8, 4) is 0 Å². The zero-order chi connectivity index (χ0) is 27.1. The molecule has 2 aliphatic heterocycles. The summed E-state index contributed by atoms with van der Waals surface area (Å²) in [4.78, 5) is 5.17. The van der Waals surface area contributed by atoms with Crippen LogP contribution < -0.4 is 0 Å². The molecule has 1 N–H and O–H groups in total. The minimum absolute atomic E-state index is 0.0883. The first-order valence-electron chi connectivity index (χ1n) is 14.1. The molecule has 0 aromatic heterocycles. The Morgan fingerprint density at radius 3 is 2.38 bits per heavy atom. The van der Waals surface area contributed by atoms with Gasteiger partial charge in [0.15, 0.2) is 11.6 Å². The van der Waals surface area contributed by atoms with Crippen LogP contribution in [-0.2, 0) is 22.0 Å². The summed E-state index contributed by atoms with van der Waals surface area (Å²) in [5.41, 5.74) is 6.59. The Labute approximate surface area is 229 Å². The van der Waals surface area contributed by atoms with Gasteiger partial charge in [0, 0.05) is 19.1 Å². The largest absolute Gasteiger partial charge is 0.361 e. The summed E-state index contributed by atoms with van der Waals surface area (Å²) in [7, 11) is 1.63. The second kappa shape index (κ2) is 7.04. The van der Waals surface area contributed by atoms with Gasteiger partial charge < -0.3 is 9.84 Å². The first-order valence-corrected chi connectivity index (χ1v) is 14.1. The Hall–Kier alpha value is -3.34. The van der Waals surface area contributed by atoms with E-state index in [1.807, 2.05) is 6.34 Å². The van der Waals surface area contributed by atoms with E-state index in [-0.39, 0.29) is 17.4 Å². The van der Waals surface area contributed by atoms with Crippen LogP contribution in [0.3, 0.4) is 0 Å². The van der Waals surface area contributed by atoms with Gasteiger partial charge in [0.1, 0.15) is 11.1 Å². The molecule has 0 bridgehead atoms. The molecule has 0 spiro atoms. The number of aliphatic hydroxyl groups is 1. The highest BCUT2D eigenvalue weighted by Crippen LogP contribution is 2.71. The van der Waals surface area contributed by atoms with Crippen molar-refractivity contribution in [2.75, 3.05) is 7.11 Å². The predicted octanol–water partition coefficient (Wildman–Crippen LogP) is 6.22. The number of hydrogen-bond acceptors (Lipinski definition) is 3. The standard InChI is InChI=1S/C35H35N2O2/c1-32(2,3)23-13-11-20-12-14-24-26(25(20)17-23)18-29-30(24)31-27-15-21-9-7-8-10-22(21)16-28(27)33(4)34(5,35(33,38)39-6)37(31)19-36-29/h7-17,19,29-30,38H,18H2,1-6H3/q+1. The van der Waals surface area contributed by atoms with Crippen molar-refractivity contribution in [3.63, 3.8) is 0 Å². The number of methoxy groups -OCH3 is 1. The molecule has 4 aliphatic rings. The van der Waals surface area contributed by atoms with E-state index in [2.05, 4.69) is 106 Å². The fourth-order valence-corrected chi connectivity index (χ4v) is 8.35. The van der Waals surface area contributed by atoms with Crippen LogP contribution in [0.25, 0.3) is 21.5 Å². The van der Waals surface area contributed by atoms with Crippen molar-refractivity contribution >= 4 is 33.6 Å². The molecule has 0 radical (unpaired) electrons.